The Kier molecular flexibility index (Phi) is 4.68. The van der Waals surface area contributed by atoms with Gasteiger partial charge in [0.25, 0.3) is 0 Å². The highest BCUT2D eigenvalue weighted by atomic mass is 32.2. The quantitative estimate of drug-likeness (QED) is 0.760. The Bertz CT molecular complexity index is 624. The number of carboxylic acids is 1. The number of carboxylic acid groups (broad SMARTS) is 1. The lowest BCUT2D eigenvalue weighted by molar-refractivity contribution is -0.140. The minimum absolute atomic E-state index is 0.329. The molecule has 0 unspecified atom stereocenters. The van der Waals surface area contributed by atoms with Crippen LogP contribution in [0.4, 0.5) is 0 Å². The molecule has 0 aliphatic carbocycles. The lowest BCUT2D eigenvalue weighted by atomic mass is 10.2. The van der Waals surface area contributed by atoms with E-state index in [0.29, 0.717) is 11.5 Å². The van der Waals surface area contributed by atoms with Gasteiger partial charge in [0, 0.05) is 35.5 Å². The number of hydrogen-bond acceptors (Lipinski definition) is 3. The van der Waals surface area contributed by atoms with Crippen LogP contribution < -0.4 is 5.32 Å². The van der Waals surface area contributed by atoms with E-state index in [9.17, 15) is 9.59 Å². The first kappa shape index (κ1) is 14.5. The topological polar surface area (TPSA) is 82.2 Å². The van der Waals surface area contributed by atoms with E-state index in [4.69, 9.17) is 5.11 Å². The van der Waals surface area contributed by atoms with Gasteiger partial charge >= 0.3 is 5.97 Å². The molecule has 2 rings (SSSR count). The Labute approximate surface area is 120 Å². The van der Waals surface area contributed by atoms with E-state index in [1.807, 2.05) is 30.5 Å². The van der Waals surface area contributed by atoms with E-state index in [-0.39, 0.29) is 5.91 Å². The second kappa shape index (κ2) is 6.47. The van der Waals surface area contributed by atoms with Gasteiger partial charge in [-0.3, -0.25) is 4.79 Å². The predicted octanol–water partition coefficient (Wildman–Crippen LogP) is 1.99. The van der Waals surface area contributed by atoms with Crippen molar-refractivity contribution in [2.75, 3.05) is 5.75 Å². The number of aromatic nitrogens is 1. The summed E-state index contributed by atoms with van der Waals surface area (Å²) < 4.78 is 0. The van der Waals surface area contributed by atoms with Crippen molar-refractivity contribution in [2.45, 2.75) is 18.7 Å². The smallest absolute Gasteiger partial charge is 0.327 e. The summed E-state index contributed by atoms with van der Waals surface area (Å²) in [4.78, 5) is 25.1. The number of carbonyl (C=O) groups is 2. The SMILES string of the molecule is CC(=O)N[C@@H](CSCc1c[nH]c2ccccc12)C(=O)O. The Morgan fingerprint density at radius 2 is 2.15 bits per heavy atom. The second-order valence-electron chi connectivity index (χ2n) is 4.47. The lowest BCUT2D eigenvalue weighted by Crippen LogP contribution is -2.41. The van der Waals surface area contributed by atoms with Crippen molar-refractivity contribution in [3.63, 3.8) is 0 Å². The number of thioether (sulfide) groups is 1. The number of H-pyrrole nitrogens is 1. The van der Waals surface area contributed by atoms with Crippen molar-refractivity contribution in [2.24, 2.45) is 0 Å². The fourth-order valence-electron chi connectivity index (χ4n) is 1.96. The van der Waals surface area contributed by atoms with E-state index < -0.39 is 12.0 Å². The van der Waals surface area contributed by atoms with Crippen molar-refractivity contribution in [1.82, 2.24) is 10.3 Å². The summed E-state index contributed by atoms with van der Waals surface area (Å²) in [5, 5.41) is 12.6. The molecule has 0 aliphatic rings. The fourth-order valence-corrected chi connectivity index (χ4v) is 3.00. The summed E-state index contributed by atoms with van der Waals surface area (Å²) >= 11 is 1.49. The maximum Gasteiger partial charge on any atom is 0.327 e. The molecule has 0 aliphatic heterocycles. The van der Waals surface area contributed by atoms with E-state index in [1.165, 1.54) is 18.7 Å². The summed E-state index contributed by atoms with van der Waals surface area (Å²) in [5.74, 6) is -0.293. The standard InChI is InChI=1S/C14H16N2O3S/c1-9(17)16-13(14(18)19)8-20-7-10-6-15-12-5-3-2-4-11(10)12/h2-6,13,15H,7-8H2,1H3,(H,16,17)(H,18,19)/t13-/m0/s1. The van der Waals surface area contributed by atoms with Gasteiger partial charge in [0.2, 0.25) is 5.91 Å². The Morgan fingerprint density at radius 3 is 2.85 bits per heavy atom. The van der Waals surface area contributed by atoms with Crippen molar-refractivity contribution < 1.29 is 14.7 Å². The maximum atomic E-state index is 11.0. The maximum absolute atomic E-state index is 11.0. The lowest BCUT2D eigenvalue weighted by Gasteiger charge is -2.12. The molecule has 2 aromatic rings. The fraction of sp³-hybridized carbons (Fsp3) is 0.286. The molecular weight excluding hydrogens is 276 g/mol. The number of fused-ring (bicyclic) bond motifs is 1. The number of benzene rings is 1. The Balaban J connectivity index is 1.94. The van der Waals surface area contributed by atoms with Crippen molar-refractivity contribution in [1.29, 1.82) is 0 Å². The Morgan fingerprint density at radius 1 is 1.40 bits per heavy atom. The van der Waals surface area contributed by atoms with Gasteiger partial charge in [-0.05, 0) is 11.6 Å². The van der Waals surface area contributed by atoms with E-state index >= 15 is 0 Å². The first-order valence-electron chi connectivity index (χ1n) is 6.20. The summed E-state index contributed by atoms with van der Waals surface area (Å²) in [6.07, 6.45) is 1.94. The summed E-state index contributed by atoms with van der Waals surface area (Å²) in [7, 11) is 0. The minimum atomic E-state index is -1.01. The van der Waals surface area contributed by atoms with Crippen LogP contribution in [0.5, 0.6) is 0 Å². The third-order valence-electron chi connectivity index (χ3n) is 2.89. The average molecular weight is 292 g/mol. The third-order valence-corrected chi connectivity index (χ3v) is 3.98. The molecule has 6 heteroatoms. The van der Waals surface area contributed by atoms with E-state index in [1.54, 1.807) is 0 Å². The highest BCUT2D eigenvalue weighted by Crippen LogP contribution is 2.22. The predicted molar refractivity (Wildman–Crippen MR) is 79.7 cm³/mol. The van der Waals surface area contributed by atoms with E-state index in [2.05, 4.69) is 10.3 Å². The van der Waals surface area contributed by atoms with Gasteiger partial charge in [-0.1, -0.05) is 18.2 Å². The van der Waals surface area contributed by atoms with Gasteiger partial charge in [-0.25, -0.2) is 4.79 Å². The number of para-hydroxylation sites is 1. The van der Waals surface area contributed by atoms with Crippen molar-refractivity contribution >= 4 is 34.5 Å². The zero-order valence-corrected chi connectivity index (χ0v) is 11.9. The minimum Gasteiger partial charge on any atom is -0.480 e. The largest absolute Gasteiger partial charge is 0.480 e. The second-order valence-corrected chi connectivity index (χ2v) is 5.50. The molecule has 1 aromatic heterocycles. The number of hydrogen-bond donors (Lipinski definition) is 3. The van der Waals surface area contributed by atoms with Gasteiger partial charge in [-0.15, -0.1) is 0 Å². The van der Waals surface area contributed by atoms with Crippen LogP contribution in [-0.2, 0) is 15.3 Å². The molecule has 20 heavy (non-hydrogen) atoms. The third kappa shape index (κ3) is 3.54. The van der Waals surface area contributed by atoms with Gasteiger partial charge in [0.1, 0.15) is 6.04 Å². The summed E-state index contributed by atoms with van der Waals surface area (Å²) in [5.41, 5.74) is 2.21. The highest BCUT2D eigenvalue weighted by Gasteiger charge is 2.18. The van der Waals surface area contributed by atoms with Crippen LogP contribution in [0, 0.1) is 0 Å². The van der Waals surface area contributed by atoms with Gasteiger partial charge in [-0.2, -0.15) is 11.8 Å². The van der Waals surface area contributed by atoms with Gasteiger partial charge in [0.05, 0.1) is 0 Å². The molecule has 0 spiro atoms. The molecule has 1 heterocycles. The average Bonchev–Trinajstić information content (AvgIpc) is 2.80. The summed E-state index contributed by atoms with van der Waals surface area (Å²) in [6, 6.07) is 7.13. The van der Waals surface area contributed by atoms with Gasteiger partial charge < -0.3 is 15.4 Å². The van der Waals surface area contributed by atoms with Crippen LogP contribution in [0.3, 0.4) is 0 Å². The zero-order chi connectivity index (χ0) is 14.5. The first-order valence-corrected chi connectivity index (χ1v) is 7.36. The monoisotopic (exact) mass is 292 g/mol. The highest BCUT2D eigenvalue weighted by molar-refractivity contribution is 7.98. The number of amides is 1. The molecule has 5 nitrogen and oxygen atoms in total. The molecule has 1 atom stereocenters. The molecule has 1 aromatic carbocycles. The number of aromatic amines is 1. The number of aliphatic carboxylic acids is 1. The zero-order valence-electron chi connectivity index (χ0n) is 11.1. The molecular formula is C14H16N2O3S. The number of rotatable bonds is 6. The summed E-state index contributed by atoms with van der Waals surface area (Å²) in [6.45, 7) is 1.32. The molecule has 0 saturated carbocycles. The van der Waals surface area contributed by atoms with Crippen molar-refractivity contribution in [3.05, 3.63) is 36.0 Å². The number of carbonyl (C=O) groups excluding carboxylic acids is 1. The molecule has 106 valence electrons. The number of nitrogens with one attached hydrogen (secondary N) is 2. The van der Waals surface area contributed by atoms with E-state index in [0.717, 1.165) is 16.5 Å². The van der Waals surface area contributed by atoms with Crippen LogP contribution in [0.15, 0.2) is 30.5 Å². The van der Waals surface area contributed by atoms with Crippen LogP contribution >= 0.6 is 11.8 Å². The van der Waals surface area contributed by atoms with Crippen LogP contribution in [0.2, 0.25) is 0 Å². The molecule has 3 N–H and O–H groups in total. The van der Waals surface area contributed by atoms with Crippen molar-refractivity contribution in [3.8, 4) is 0 Å². The molecule has 1 amide bonds. The molecule has 0 radical (unpaired) electrons. The normalized spacial score (nSPS) is 12.2. The molecule has 0 saturated heterocycles. The first-order chi connectivity index (χ1) is 9.58. The molecule has 0 bridgehead atoms. The molecule has 0 fully saturated rings. The Hall–Kier alpha value is -1.95. The van der Waals surface area contributed by atoms with Crippen LogP contribution in [-0.4, -0.2) is 33.8 Å². The van der Waals surface area contributed by atoms with Gasteiger partial charge in [0.15, 0.2) is 0 Å². The van der Waals surface area contributed by atoms with Crippen LogP contribution in [0.25, 0.3) is 10.9 Å². The van der Waals surface area contributed by atoms with Crippen LogP contribution in [0.1, 0.15) is 12.5 Å².